The molecular weight excluding hydrogens is 631 g/mol. The molecule has 1 aliphatic heterocycles. The fraction of sp³-hybridized carbons (Fsp3) is 0.316. The Hall–Kier alpha value is -2.37. The van der Waals surface area contributed by atoms with Gasteiger partial charge in [-0.2, -0.15) is 4.52 Å². The fourth-order valence-corrected chi connectivity index (χ4v) is 7.51. The standard InChI is InChI=1S/C19H22N5O13P3S/c1-11(25)34-13-7-15(35-14(13)8-33-40(32,41)37-39(30,31)36-38(27,28)29)24-10-22-16-17(20-9-21-18(16)24)23-19(26)12-5-3-2-4-6-12/h2-6,9-10,13-15H,7-8H2,1H3,(H,30,31)(H,32,41)(H2,27,28,29)(H,20,21,23,26)/p-4/t13-,14+,15+,40?/m0/s1. The normalized spacial score (nSPS) is 22.8. The summed E-state index contributed by atoms with van der Waals surface area (Å²) in [6.07, 6.45) is -0.632. The van der Waals surface area contributed by atoms with E-state index in [1.807, 2.05) is 0 Å². The number of phosphoric acid groups is 2. The summed E-state index contributed by atoms with van der Waals surface area (Å²) >= 11 is 4.54. The van der Waals surface area contributed by atoms with Crippen molar-refractivity contribution in [3.63, 3.8) is 0 Å². The number of nitrogens with zero attached hydrogens (tertiary/aromatic N) is 5. The van der Waals surface area contributed by atoms with E-state index in [9.17, 15) is 38.6 Å². The van der Waals surface area contributed by atoms with Crippen LogP contribution >= 0.6 is 22.8 Å². The molecule has 1 N–H and O–H groups in total. The third-order valence-electron chi connectivity index (χ3n) is 5.18. The summed E-state index contributed by atoms with van der Waals surface area (Å²) < 4.78 is 46.9. The summed E-state index contributed by atoms with van der Waals surface area (Å²) in [7, 11) is -16.7. The second kappa shape index (κ2) is 12.5. The molecule has 0 aliphatic carbocycles. The Morgan fingerprint density at radius 1 is 1.24 bits per heavy atom. The molecule has 0 amide bonds. The Bertz CT molecular complexity index is 1540. The molecule has 2 unspecified atom stereocenters. The highest BCUT2D eigenvalue weighted by atomic mass is 32.7. The average molecular weight is 649 g/mol. The lowest BCUT2D eigenvalue weighted by Crippen LogP contribution is -2.30. The SMILES string of the molecule is CC(=O)O[C@H]1C[C@H](n2cnc3c(N=C([O-])c4ccccc4)ncnc32)O[C@@H]1CO[P+](O)([S-])OP(=O)([O-])OP(=O)([O-])[O-]. The molecular formula is C19H18N5O13P3S-4. The van der Waals surface area contributed by atoms with E-state index in [1.165, 1.54) is 10.9 Å². The maximum atomic E-state index is 12.5. The largest absolute Gasteiger partial charge is 0.858 e. The molecule has 1 saturated heterocycles. The Labute approximate surface area is 236 Å². The van der Waals surface area contributed by atoms with Crippen molar-refractivity contribution >= 4 is 63.9 Å². The van der Waals surface area contributed by atoms with Gasteiger partial charge in [0, 0.05) is 13.3 Å². The van der Waals surface area contributed by atoms with Crippen molar-refractivity contribution in [1.29, 1.82) is 0 Å². The van der Waals surface area contributed by atoms with E-state index >= 15 is 0 Å². The van der Waals surface area contributed by atoms with Crippen molar-refractivity contribution in [1.82, 2.24) is 19.5 Å². The Morgan fingerprint density at radius 2 is 1.95 bits per heavy atom. The van der Waals surface area contributed by atoms with Gasteiger partial charge in [0.15, 0.2) is 17.0 Å². The van der Waals surface area contributed by atoms with Crippen LogP contribution in [0.4, 0.5) is 5.82 Å². The molecule has 22 heteroatoms. The van der Waals surface area contributed by atoms with Gasteiger partial charge in [0.05, 0.1) is 14.2 Å². The first-order valence-electron chi connectivity index (χ1n) is 11.2. The second-order valence-corrected chi connectivity index (χ2v) is 13.8. The van der Waals surface area contributed by atoms with Crippen LogP contribution < -0.4 is 19.8 Å². The van der Waals surface area contributed by atoms with Gasteiger partial charge in [0.1, 0.15) is 31.4 Å². The Morgan fingerprint density at radius 3 is 2.61 bits per heavy atom. The molecule has 1 aliphatic rings. The molecule has 1 fully saturated rings. The molecule has 0 radical (unpaired) electrons. The maximum absolute atomic E-state index is 12.5. The van der Waals surface area contributed by atoms with E-state index < -0.39 is 59.7 Å². The highest BCUT2D eigenvalue weighted by molar-refractivity contribution is 8.36. The van der Waals surface area contributed by atoms with Gasteiger partial charge in [-0.25, -0.2) is 24.8 Å². The Balaban J connectivity index is 1.52. The zero-order valence-corrected chi connectivity index (χ0v) is 24.0. The van der Waals surface area contributed by atoms with Gasteiger partial charge >= 0.3 is 13.8 Å². The summed E-state index contributed by atoms with van der Waals surface area (Å²) in [4.78, 5) is 70.8. The quantitative estimate of drug-likeness (QED) is 0.0862. The van der Waals surface area contributed by atoms with Crippen molar-refractivity contribution in [2.24, 2.45) is 4.99 Å². The zero-order chi connectivity index (χ0) is 30.0. The van der Waals surface area contributed by atoms with E-state index in [1.54, 1.807) is 30.3 Å². The van der Waals surface area contributed by atoms with Crippen LogP contribution in [0.2, 0.25) is 0 Å². The number of rotatable bonds is 11. The number of hydrogen-bond acceptors (Lipinski definition) is 18. The van der Waals surface area contributed by atoms with Crippen molar-refractivity contribution in [3.05, 3.63) is 48.5 Å². The first-order valence-corrected chi connectivity index (χ1v) is 16.7. The van der Waals surface area contributed by atoms with E-state index in [4.69, 9.17) is 14.0 Å². The van der Waals surface area contributed by atoms with Crippen LogP contribution in [-0.2, 0) is 48.8 Å². The molecule has 3 aromatic rings. The summed E-state index contributed by atoms with van der Waals surface area (Å²) in [5.41, 5.74) is 0.685. The monoisotopic (exact) mass is 649 g/mol. The van der Waals surface area contributed by atoms with Gasteiger partial charge in [0.25, 0.3) is 7.15 Å². The van der Waals surface area contributed by atoms with Gasteiger partial charge < -0.3 is 46.1 Å². The predicted octanol–water partition coefficient (Wildman–Crippen LogP) is -0.952. The van der Waals surface area contributed by atoms with E-state index in [-0.39, 0.29) is 23.4 Å². The summed E-state index contributed by atoms with van der Waals surface area (Å²) in [5, 5.41) is 12.5. The number of imidazole rings is 1. The van der Waals surface area contributed by atoms with Crippen LogP contribution in [0, 0.1) is 0 Å². The minimum Gasteiger partial charge on any atom is -0.858 e. The number of fused-ring (bicyclic) bond motifs is 1. The van der Waals surface area contributed by atoms with Crippen molar-refractivity contribution in [3.8, 4) is 0 Å². The van der Waals surface area contributed by atoms with Crippen molar-refractivity contribution < 1.29 is 61.2 Å². The molecule has 2 aromatic heterocycles. The zero-order valence-electron chi connectivity index (χ0n) is 20.5. The predicted molar refractivity (Wildman–Crippen MR) is 132 cm³/mol. The maximum Gasteiger partial charge on any atom is 0.316 e. The molecule has 18 nitrogen and oxygen atoms in total. The van der Waals surface area contributed by atoms with Gasteiger partial charge in [0.2, 0.25) is 0 Å². The molecule has 0 bridgehead atoms. The molecule has 41 heavy (non-hydrogen) atoms. The minimum atomic E-state index is -6.04. The van der Waals surface area contributed by atoms with Crippen molar-refractivity contribution in [2.75, 3.05) is 6.61 Å². The van der Waals surface area contributed by atoms with Gasteiger partial charge in [-0.05, 0) is 11.5 Å². The minimum absolute atomic E-state index is 0.00758. The number of aliphatic imine (C=N–C) groups is 1. The molecule has 3 heterocycles. The van der Waals surface area contributed by atoms with Crippen LogP contribution in [-0.4, -0.2) is 55.1 Å². The first-order chi connectivity index (χ1) is 19.1. The number of hydrogen-bond donors (Lipinski definition) is 1. The lowest BCUT2D eigenvalue weighted by molar-refractivity contribution is -0.339. The number of ether oxygens (including phenoxy) is 2. The van der Waals surface area contributed by atoms with Gasteiger partial charge in [-0.1, -0.05) is 30.3 Å². The highest BCUT2D eigenvalue weighted by Gasteiger charge is 2.42. The number of carbonyl (C=O) groups excluding carboxylic acids is 1. The smallest absolute Gasteiger partial charge is 0.316 e. The van der Waals surface area contributed by atoms with E-state index in [0.29, 0.717) is 5.56 Å². The third kappa shape index (κ3) is 8.58. The van der Waals surface area contributed by atoms with Crippen LogP contribution in [0.3, 0.4) is 0 Å². The molecule has 0 saturated carbocycles. The summed E-state index contributed by atoms with van der Waals surface area (Å²) in [6, 6.07) is 8.26. The van der Waals surface area contributed by atoms with Crippen LogP contribution in [0.25, 0.3) is 11.2 Å². The number of aromatic nitrogens is 4. The molecule has 5 atom stereocenters. The van der Waals surface area contributed by atoms with Gasteiger partial charge in [-0.3, -0.25) is 18.2 Å². The van der Waals surface area contributed by atoms with Crippen LogP contribution in [0.1, 0.15) is 25.1 Å². The number of esters is 1. The van der Waals surface area contributed by atoms with E-state index in [2.05, 4.69) is 40.8 Å². The van der Waals surface area contributed by atoms with Crippen LogP contribution in [0.5, 0.6) is 0 Å². The van der Waals surface area contributed by atoms with E-state index in [0.717, 1.165) is 13.3 Å². The average Bonchev–Trinajstić information content (AvgIpc) is 3.45. The molecule has 1 aromatic carbocycles. The first kappa shape index (κ1) is 31.6. The lowest BCUT2D eigenvalue weighted by Gasteiger charge is -2.36. The summed E-state index contributed by atoms with van der Waals surface area (Å²) in [5.74, 6) is -1.28. The topological polar surface area (TPSA) is 266 Å². The van der Waals surface area contributed by atoms with Crippen molar-refractivity contribution in [2.45, 2.75) is 31.8 Å². The molecule has 4 rings (SSSR count). The van der Waals surface area contributed by atoms with Gasteiger partial charge in [-0.15, -0.1) is 4.31 Å². The second-order valence-electron chi connectivity index (χ2n) is 8.14. The summed E-state index contributed by atoms with van der Waals surface area (Å²) in [6.45, 7) is 0.416. The van der Waals surface area contributed by atoms with Crippen LogP contribution in [0.15, 0.2) is 48.0 Å². The third-order valence-corrected chi connectivity index (χ3v) is 9.80. The fourth-order valence-electron chi connectivity index (χ4n) is 3.69. The Kier molecular flexibility index (Phi) is 9.60. The number of benzene rings is 1. The molecule has 0 spiro atoms. The highest BCUT2D eigenvalue weighted by Crippen LogP contribution is 2.68. The number of carbonyl (C=O) groups is 1. The lowest BCUT2D eigenvalue weighted by atomic mass is 10.2. The molecule has 222 valence electrons.